The van der Waals surface area contributed by atoms with Crippen LogP contribution in [0.5, 0.6) is 0 Å². The molecule has 1 atom stereocenters. The van der Waals surface area contributed by atoms with Crippen molar-refractivity contribution in [3.05, 3.63) is 42.2 Å². The van der Waals surface area contributed by atoms with Crippen molar-refractivity contribution in [2.24, 2.45) is 5.92 Å². The summed E-state index contributed by atoms with van der Waals surface area (Å²) in [5.74, 6) is 1.25. The molecule has 0 saturated carbocycles. The van der Waals surface area contributed by atoms with Crippen LogP contribution in [0.15, 0.2) is 35.1 Å². The van der Waals surface area contributed by atoms with E-state index in [9.17, 15) is 0 Å². The van der Waals surface area contributed by atoms with Crippen LogP contribution in [0, 0.1) is 5.92 Å². The summed E-state index contributed by atoms with van der Waals surface area (Å²) >= 11 is 0. The predicted molar refractivity (Wildman–Crippen MR) is 52.9 cm³/mol. The molecule has 0 aliphatic heterocycles. The lowest BCUT2D eigenvalue weighted by molar-refractivity contribution is 0.548. The Morgan fingerprint density at radius 1 is 1.23 bits per heavy atom. The summed E-state index contributed by atoms with van der Waals surface area (Å²) in [6, 6.07) is 0. The summed E-state index contributed by atoms with van der Waals surface area (Å²) in [6.07, 6.45) is 13.6. The molecule has 2 rings (SSSR count). The van der Waals surface area contributed by atoms with Crippen molar-refractivity contribution in [3.8, 4) is 0 Å². The van der Waals surface area contributed by atoms with Crippen molar-refractivity contribution in [2.75, 3.05) is 0 Å². The molecular formula is C11H11NO. The second-order valence-corrected chi connectivity index (χ2v) is 3.06. The fraction of sp³-hybridized carbons (Fsp3) is 0.182. The fourth-order valence-electron chi connectivity index (χ4n) is 1.20. The topological polar surface area (TPSA) is 26.0 Å². The first kappa shape index (κ1) is 8.05. The van der Waals surface area contributed by atoms with Crippen molar-refractivity contribution in [3.63, 3.8) is 0 Å². The lowest BCUT2D eigenvalue weighted by Gasteiger charge is -1.93. The summed E-state index contributed by atoms with van der Waals surface area (Å²) in [7, 11) is 0. The maximum absolute atomic E-state index is 5.20. The fourth-order valence-corrected chi connectivity index (χ4v) is 1.20. The molecule has 1 aliphatic rings. The number of nitrogens with zero attached hydrogens (tertiary/aromatic N) is 1. The van der Waals surface area contributed by atoms with E-state index >= 15 is 0 Å². The maximum atomic E-state index is 5.20. The molecule has 0 aromatic carbocycles. The highest BCUT2D eigenvalue weighted by atomic mass is 16.3. The largest absolute Gasteiger partial charge is 0.443 e. The minimum atomic E-state index is 0.437. The van der Waals surface area contributed by atoms with Gasteiger partial charge in [0.05, 0.1) is 0 Å². The van der Waals surface area contributed by atoms with E-state index in [0.29, 0.717) is 5.92 Å². The average Bonchev–Trinajstić information content (AvgIpc) is 2.56. The van der Waals surface area contributed by atoms with E-state index < -0.39 is 0 Å². The van der Waals surface area contributed by atoms with Crippen LogP contribution >= 0.6 is 0 Å². The Labute approximate surface area is 77.3 Å². The van der Waals surface area contributed by atoms with Crippen molar-refractivity contribution < 1.29 is 4.42 Å². The molecular weight excluding hydrogens is 162 g/mol. The summed E-state index contributed by atoms with van der Waals surface area (Å²) in [6.45, 7) is 2.13. The molecule has 13 heavy (non-hydrogen) atoms. The van der Waals surface area contributed by atoms with Gasteiger partial charge in [0.2, 0.25) is 0 Å². The van der Waals surface area contributed by atoms with Crippen LogP contribution in [0.25, 0.3) is 12.2 Å². The van der Waals surface area contributed by atoms with Gasteiger partial charge >= 0.3 is 0 Å². The van der Waals surface area contributed by atoms with E-state index in [1.165, 1.54) is 6.39 Å². The zero-order valence-corrected chi connectivity index (χ0v) is 7.47. The summed E-state index contributed by atoms with van der Waals surface area (Å²) in [4.78, 5) is 4.10. The Bertz CT molecular complexity index is 371. The summed E-state index contributed by atoms with van der Waals surface area (Å²) in [5.41, 5.74) is 0.895. The van der Waals surface area contributed by atoms with Crippen molar-refractivity contribution in [1.29, 1.82) is 0 Å². The Balaban J connectivity index is 2.42. The normalized spacial score (nSPS) is 25.5. The molecule has 66 valence electrons. The predicted octanol–water partition coefficient (Wildman–Crippen LogP) is 2.91. The molecule has 0 fully saturated rings. The quantitative estimate of drug-likeness (QED) is 0.603. The zero-order chi connectivity index (χ0) is 9.10. The first-order valence-electron chi connectivity index (χ1n) is 4.33. The molecule has 0 bridgehead atoms. The third-order valence-electron chi connectivity index (χ3n) is 1.95. The standard InChI is InChI=1S/C11H11NO/c1-9-4-2-3-5-11-10(7-6-9)12-8-13-11/h2-9H,1H3/b4-2+,5-3-,7-6?. The van der Waals surface area contributed by atoms with Crippen LogP contribution in [0.2, 0.25) is 0 Å². The third kappa shape index (κ3) is 1.78. The smallest absolute Gasteiger partial charge is 0.181 e. The molecule has 2 nitrogen and oxygen atoms in total. The molecule has 1 heterocycles. The number of hydrogen-bond donors (Lipinski definition) is 0. The lowest BCUT2D eigenvalue weighted by atomic mass is 10.1. The Kier molecular flexibility index (Phi) is 2.13. The molecule has 1 aromatic heterocycles. The van der Waals surface area contributed by atoms with Gasteiger partial charge in [-0.3, -0.25) is 0 Å². The van der Waals surface area contributed by atoms with Crippen LogP contribution in [-0.2, 0) is 0 Å². The molecule has 0 spiro atoms. The monoisotopic (exact) mass is 173 g/mol. The van der Waals surface area contributed by atoms with E-state index in [-0.39, 0.29) is 0 Å². The van der Waals surface area contributed by atoms with Crippen LogP contribution < -0.4 is 0 Å². The van der Waals surface area contributed by atoms with Crippen LogP contribution in [0.4, 0.5) is 0 Å². The van der Waals surface area contributed by atoms with E-state index in [0.717, 1.165) is 11.5 Å². The van der Waals surface area contributed by atoms with Crippen molar-refractivity contribution in [1.82, 2.24) is 4.98 Å². The highest BCUT2D eigenvalue weighted by molar-refractivity contribution is 5.59. The molecule has 0 radical (unpaired) electrons. The molecule has 0 amide bonds. The van der Waals surface area contributed by atoms with Gasteiger partial charge in [-0.25, -0.2) is 4.98 Å². The summed E-state index contributed by atoms with van der Waals surface area (Å²) < 4.78 is 5.20. The minimum Gasteiger partial charge on any atom is -0.443 e. The molecule has 0 saturated heterocycles. The highest BCUT2D eigenvalue weighted by Crippen LogP contribution is 2.14. The van der Waals surface area contributed by atoms with Gasteiger partial charge in [-0.15, -0.1) is 0 Å². The first-order valence-corrected chi connectivity index (χ1v) is 4.33. The molecule has 1 aromatic rings. The molecule has 2 heteroatoms. The highest BCUT2D eigenvalue weighted by Gasteiger charge is 2.01. The second-order valence-electron chi connectivity index (χ2n) is 3.06. The number of fused-ring (bicyclic) bond motifs is 1. The average molecular weight is 173 g/mol. The van der Waals surface area contributed by atoms with Gasteiger partial charge < -0.3 is 4.42 Å². The van der Waals surface area contributed by atoms with Gasteiger partial charge in [-0.2, -0.15) is 0 Å². The van der Waals surface area contributed by atoms with Gasteiger partial charge in [0, 0.05) is 0 Å². The minimum absolute atomic E-state index is 0.437. The van der Waals surface area contributed by atoms with E-state index in [4.69, 9.17) is 4.42 Å². The van der Waals surface area contributed by atoms with E-state index in [1.54, 1.807) is 0 Å². The van der Waals surface area contributed by atoms with Crippen LogP contribution in [-0.4, -0.2) is 4.98 Å². The van der Waals surface area contributed by atoms with Gasteiger partial charge in [-0.1, -0.05) is 31.2 Å². The SMILES string of the molecule is CC1C=Cc2ncoc2/C=C\C=C\1. The van der Waals surface area contributed by atoms with Crippen molar-refractivity contribution in [2.45, 2.75) is 6.92 Å². The number of hydrogen-bond acceptors (Lipinski definition) is 2. The number of aromatic nitrogens is 1. The lowest BCUT2D eigenvalue weighted by Crippen LogP contribution is -1.81. The van der Waals surface area contributed by atoms with Gasteiger partial charge in [0.15, 0.2) is 12.2 Å². The van der Waals surface area contributed by atoms with Gasteiger partial charge in [0.25, 0.3) is 0 Å². The van der Waals surface area contributed by atoms with E-state index in [2.05, 4.69) is 24.1 Å². The van der Waals surface area contributed by atoms with E-state index in [1.807, 2.05) is 24.3 Å². The Hall–Kier alpha value is -1.57. The maximum Gasteiger partial charge on any atom is 0.181 e. The number of rotatable bonds is 0. The van der Waals surface area contributed by atoms with Gasteiger partial charge in [0.1, 0.15) is 5.69 Å². The van der Waals surface area contributed by atoms with Gasteiger partial charge in [-0.05, 0) is 18.1 Å². The molecule has 1 unspecified atom stereocenters. The number of oxazole rings is 1. The van der Waals surface area contributed by atoms with Crippen LogP contribution in [0.3, 0.4) is 0 Å². The molecule has 0 N–H and O–H groups in total. The first-order chi connectivity index (χ1) is 6.36. The van der Waals surface area contributed by atoms with Crippen molar-refractivity contribution >= 4 is 12.2 Å². The summed E-state index contributed by atoms with van der Waals surface area (Å²) in [5, 5.41) is 0. The van der Waals surface area contributed by atoms with Crippen LogP contribution in [0.1, 0.15) is 18.4 Å². The molecule has 1 aliphatic carbocycles. The third-order valence-corrected chi connectivity index (χ3v) is 1.95. The Morgan fingerprint density at radius 3 is 3.08 bits per heavy atom. The Morgan fingerprint density at radius 2 is 2.15 bits per heavy atom. The number of allylic oxidation sites excluding steroid dienone is 4. The second kappa shape index (κ2) is 3.44. The zero-order valence-electron chi connectivity index (χ0n) is 7.47.